The molecule has 0 atom stereocenters. The number of hydrogen-bond donors (Lipinski definition) is 0. The normalized spacial score (nSPS) is 16.8. The third kappa shape index (κ3) is 3.03. The number of carbonyl (C=O) groups excluding carboxylic acids is 1. The summed E-state index contributed by atoms with van der Waals surface area (Å²) in [6.07, 6.45) is -0.720. The molecule has 1 aromatic rings. The molecule has 1 fully saturated rings. The topological polar surface area (TPSA) is 26.3 Å². The molecule has 0 heterocycles. The molecule has 98 valence electrons. The van der Waals surface area contributed by atoms with E-state index in [9.17, 15) is 18.0 Å². The van der Waals surface area contributed by atoms with E-state index in [-0.39, 0.29) is 11.7 Å². The van der Waals surface area contributed by atoms with E-state index in [0.29, 0.717) is 0 Å². The molecule has 0 spiro atoms. The first-order chi connectivity index (χ1) is 8.47. The Bertz CT molecular complexity index is 417. The molecular weight excluding hydrogens is 245 g/mol. The summed E-state index contributed by atoms with van der Waals surface area (Å²) in [6.45, 7) is 0. The smallest absolute Gasteiger partial charge is 0.416 e. The molecule has 2 rings (SSSR count). The number of halogens is 3. The van der Waals surface area contributed by atoms with Gasteiger partial charge in [0.15, 0.2) is 0 Å². The minimum atomic E-state index is -4.38. The second kappa shape index (κ2) is 5.00. The fraction of sp³-hybridized carbons (Fsp3) is 0.462. The van der Waals surface area contributed by atoms with E-state index in [2.05, 4.69) is 0 Å². The van der Waals surface area contributed by atoms with Gasteiger partial charge in [-0.2, -0.15) is 13.2 Å². The van der Waals surface area contributed by atoms with Crippen molar-refractivity contribution in [3.8, 4) is 0 Å². The number of benzene rings is 1. The van der Waals surface area contributed by atoms with E-state index < -0.39 is 17.7 Å². The van der Waals surface area contributed by atoms with Gasteiger partial charge in [-0.3, -0.25) is 0 Å². The average Bonchev–Trinajstić information content (AvgIpc) is 2.81. The lowest BCUT2D eigenvalue weighted by Gasteiger charge is -2.12. The van der Waals surface area contributed by atoms with Crippen LogP contribution in [0.25, 0.3) is 0 Å². The molecule has 0 radical (unpaired) electrons. The first-order valence-corrected chi connectivity index (χ1v) is 5.85. The van der Waals surface area contributed by atoms with Crippen LogP contribution in [0.3, 0.4) is 0 Å². The van der Waals surface area contributed by atoms with Crippen molar-refractivity contribution < 1.29 is 22.7 Å². The molecule has 0 N–H and O–H groups in total. The molecule has 18 heavy (non-hydrogen) atoms. The predicted molar refractivity (Wildman–Crippen MR) is 59.1 cm³/mol. The third-order valence-electron chi connectivity index (χ3n) is 3.02. The van der Waals surface area contributed by atoms with Crippen molar-refractivity contribution in [1.29, 1.82) is 0 Å². The summed E-state index contributed by atoms with van der Waals surface area (Å²) in [7, 11) is 0. The Morgan fingerprint density at radius 1 is 1.11 bits per heavy atom. The monoisotopic (exact) mass is 258 g/mol. The number of ether oxygens (including phenoxy) is 1. The summed E-state index contributed by atoms with van der Waals surface area (Å²) in [6, 6.07) is 4.09. The molecule has 1 saturated carbocycles. The quantitative estimate of drug-likeness (QED) is 0.754. The van der Waals surface area contributed by atoms with Gasteiger partial charge in [-0.15, -0.1) is 0 Å². The minimum absolute atomic E-state index is 0.0835. The van der Waals surface area contributed by atoms with Gasteiger partial charge in [-0.05, 0) is 49.9 Å². The highest BCUT2D eigenvalue weighted by Crippen LogP contribution is 2.29. The lowest BCUT2D eigenvalue weighted by molar-refractivity contribution is -0.137. The standard InChI is InChI=1S/C13H13F3O2/c14-13(15,16)10-7-5-9(6-8-10)12(17)18-11-3-1-2-4-11/h5-8,11H,1-4H2. The number of alkyl halides is 3. The summed E-state index contributed by atoms with van der Waals surface area (Å²) in [5.74, 6) is -0.546. The maximum Gasteiger partial charge on any atom is 0.416 e. The second-order valence-corrected chi connectivity index (χ2v) is 4.39. The largest absolute Gasteiger partial charge is 0.459 e. The molecule has 0 saturated heterocycles. The molecule has 2 nitrogen and oxygen atoms in total. The van der Waals surface area contributed by atoms with Crippen LogP contribution >= 0.6 is 0 Å². The maximum absolute atomic E-state index is 12.3. The molecule has 0 unspecified atom stereocenters. The van der Waals surface area contributed by atoms with Gasteiger partial charge < -0.3 is 4.74 Å². The van der Waals surface area contributed by atoms with Crippen LogP contribution in [0.1, 0.15) is 41.6 Å². The highest BCUT2D eigenvalue weighted by atomic mass is 19.4. The Morgan fingerprint density at radius 3 is 2.17 bits per heavy atom. The summed E-state index contributed by atoms with van der Waals surface area (Å²) >= 11 is 0. The zero-order chi connectivity index (χ0) is 13.2. The van der Waals surface area contributed by atoms with Gasteiger partial charge >= 0.3 is 12.1 Å². The van der Waals surface area contributed by atoms with Crippen LogP contribution in [0.15, 0.2) is 24.3 Å². The fourth-order valence-electron chi connectivity index (χ4n) is 2.02. The highest BCUT2D eigenvalue weighted by molar-refractivity contribution is 5.89. The van der Waals surface area contributed by atoms with Gasteiger partial charge in [0, 0.05) is 0 Å². The number of carbonyl (C=O) groups is 1. The van der Waals surface area contributed by atoms with E-state index in [1.807, 2.05) is 0 Å². The van der Waals surface area contributed by atoms with Gasteiger partial charge in [0.25, 0.3) is 0 Å². The summed E-state index contributed by atoms with van der Waals surface area (Å²) in [5.41, 5.74) is -0.602. The Morgan fingerprint density at radius 2 is 1.67 bits per heavy atom. The molecular formula is C13H13F3O2. The summed E-state index contributed by atoms with van der Waals surface area (Å²) in [5, 5.41) is 0. The van der Waals surface area contributed by atoms with Crippen LogP contribution in [-0.4, -0.2) is 12.1 Å². The van der Waals surface area contributed by atoms with Gasteiger partial charge in [0.05, 0.1) is 11.1 Å². The van der Waals surface area contributed by atoms with Crippen molar-refractivity contribution in [2.45, 2.75) is 38.0 Å². The molecule has 1 aromatic carbocycles. The molecule has 0 aromatic heterocycles. The molecule has 5 heteroatoms. The zero-order valence-electron chi connectivity index (χ0n) is 9.67. The zero-order valence-corrected chi connectivity index (χ0v) is 9.67. The van der Waals surface area contributed by atoms with Crippen LogP contribution in [0, 0.1) is 0 Å². The van der Waals surface area contributed by atoms with Crippen LogP contribution < -0.4 is 0 Å². The van der Waals surface area contributed by atoms with Gasteiger partial charge in [-0.1, -0.05) is 0 Å². The van der Waals surface area contributed by atoms with E-state index in [0.717, 1.165) is 49.9 Å². The average molecular weight is 258 g/mol. The van der Waals surface area contributed by atoms with Crippen molar-refractivity contribution in [2.24, 2.45) is 0 Å². The lowest BCUT2D eigenvalue weighted by Crippen LogP contribution is -2.15. The van der Waals surface area contributed by atoms with E-state index >= 15 is 0 Å². The predicted octanol–water partition coefficient (Wildman–Crippen LogP) is 3.80. The van der Waals surface area contributed by atoms with Crippen molar-refractivity contribution in [3.63, 3.8) is 0 Å². The Labute approximate surface area is 103 Å². The molecule has 0 amide bonds. The first-order valence-electron chi connectivity index (χ1n) is 5.85. The third-order valence-corrected chi connectivity index (χ3v) is 3.02. The number of rotatable bonds is 2. The van der Waals surface area contributed by atoms with Crippen LogP contribution in [0.4, 0.5) is 13.2 Å². The van der Waals surface area contributed by atoms with E-state index in [4.69, 9.17) is 4.74 Å². The highest BCUT2D eigenvalue weighted by Gasteiger charge is 2.30. The Kier molecular flexibility index (Phi) is 3.59. The summed E-state index contributed by atoms with van der Waals surface area (Å²) in [4.78, 5) is 11.7. The molecule has 1 aliphatic carbocycles. The van der Waals surface area contributed by atoms with E-state index in [1.165, 1.54) is 0 Å². The lowest BCUT2D eigenvalue weighted by atomic mass is 10.1. The first kappa shape index (κ1) is 12.9. The second-order valence-electron chi connectivity index (χ2n) is 4.39. The maximum atomic E-state index is 12.3. The molecule has 1 aliphatic rings. The number of hydrogen-bond acceptors (Lipinski definition) is 2. The minimum Gasteiger partial charge on any atom is -0.459 e. The van der Waals surface area contributed by atoms with Crippen LogP contribution in [0.5, 0.6) is 0 Å². The van der Waals surface area contributed by atoms with Crippen molar-refractivity contribution >= 4 is 5.97 Å². The Balaban J connectivity index is 2.02. The van der Waals surface area contributed by atoms with E-state index in [1.54, 1.807) is 0 Å². The van der Waals surface area contributed by atoms with Gasteiger partial charge in [0.2, 0.25) is 0 Å². The molecule has 0 bridgehead atoms. The van der Waals surface area contributed by atoms with Gasteiger partial charge in [0.1, 0.15) is 6.10 Å². The number of esters is 1. The Hall–Kier alpha value is -1.52. The van der Waals surface area contributed by atoms with Crippen LogP contribution in [-0.2, 0) is 10.9 Å². The van der Waals surface area contributed by atoms with Crippen molar-refractivity contribution in [1.82, 2.24) is 0 Å². The SMILES string of the molecule is O=C(OC1CCCC1)c1ccc(C(F)(F)F)cc1. The fourth-order valence-corrected chi connectivity index (χ4v) is 2.02. The van der Waals surface area contributed by atoms with Crippen LogP contribution in [0.2, 0.25) is 0 Å². The van der Waals surface area contributed by atoms with Crippen molar-refractivity contribution in [3.05, 3.63) is 35.4 Å². The molecule has 0 aliphatic heterocycles. The van der Waals surface area contributed by atoms with Crippen molar-refractivity contribution in [2.75, 3.05) is 0 Å². The van der Waals surface area contributed by atoms with Gasteiger partial charge in [-0.25, -0.2) is 4.79 Å². The summed E-state index contributed by atoms with van der Waals surface area (Å²) < 4.78 is 42.2.